The SMILES string of the molecule is COc1cc(NC(=O)c2cccc(-c3cccc(OCCCN4CCCC4)c3C)c2C)c(Cl)cc1C(=O)N1CCCCC1.O=CO. The predicted molar refractivity (Wildman–Crippen MR) is 182 cm³/mol. The van der Waals surface area contributed by atoms with Gasteiger partial charge in [0.2, 0.25) is 0 Å². The molecule has 3 aromatic carbocycles. The molecule has 0 radical (unpaired) electrons. The summed E-state index contributed by atoms with van der Waals surface area (Å²) in [7, 11) is 1.52. The van der Waals surface area contributed by atoms with Crippen molar-refractivity contribution in [3.8, 4) is 22.6 Å². The Morgan fingerprint density at radius 3 is 2.20 bits per heavy atom. The van der Waals surface area contributed by atoms with Gasteiger partial charge in [0.25, 0.3) is 18.3 Å². The second-order valence-electron chi connectivity index (χ2n) is 11.6. The summed E-state index contributed by atoms with van der Waals surface area (Å²) in [6.07, 6.45) is 6.70. The minimum Gasteiger partial charge on any atom is -0.496 e. The Kier molecular flexibility index (Phi) is 12.9. The Bertz CT molecular complexity index is 1520. The number of hydrogen-bond acceptors (Lipinski definition) is 6. The maximum absolute atomic E-state index is 13.6. The van der Waals surface area contributed by atoms with Crippen LogP contribution in [0.25, 0.3) is 11.1 Å². The number of nitrogens with zero attached hydrogens (tertiary/aromatic N) is 2. The first-order valence-corrected chi connectivity index (χ1v) is 16.3. The quantitative estimate of drug-likeness (QED) is 0.179. The predicted octanol–water partition coefficient (Wildman–Crippen LogP) is 7.08. The zero-order valence-electron chi connectivity index (χ0n) is 26.9. The molecule has 9 nitrogen and oxygen atoms in total. The molecule has 2 saturated heterocycles. The summed E-state index contributed by atoms with van der Waals surface area (Å²) >= 11 is 6.61. The van der Waals surface area contributed by atoms with Crippen LogP contribution in [0.1, 0.15) is 70.4 Å². The lowest BCUT2D eigenvalue weighted by molar-refractivity contribution is -0.122. The van der Waals surface area contributed by atoms with Crippen LogP contribution in [-0.2, 0) is 4.79 Å². The molecule has 2 aliphatic heterocycles. The number of carboxylic acid groups (broad SMARTS) is 1. The lowest BCUT2D eigenvalue weighted by atomic mass is 9.93. The number of nitrogens with one attached hydrogen (secondary N) is 1. The number of likely N-dealkylation sites (tertiary alicyclic amines) is 2. The van der Waals surface area contributed by atoms with E-state index in [1.165, 1.54) is 33.0 Å². The highest BCUT2D eigenvalue weighted by atomic mass is 35.5. The van der Waals surface area contributed by atoms with Gasteiger partial charge in [-0.15, -0.1) is 0 Å². The number of benzene rings is 3. The molecule has 46 heavy (non-hydrogen) atoms. The Morgan fingerprint density at radius 2 is 1.52 bits per heavy atom. The van der Waals surface area contributed by atoms with Crippen LogP contribution in [0.2, 0.25) is 5.02 Å². The van der Waals surface area contributed by atoms with Crippen LogP contribution in [0.4, 0.5) is 5.69 Å². The number of hydrogen-bond donors (Lipinski definition) is 2. The van der Waals surface area contributed by atoms with Gasteiger partial charge in [-0.3, -0.25) is 14.4 Å². The Morgan fingerprint density at radius 1 is 0.891 bits per heavy atom. The molecule has 3 aromatic rings. The van der Waals surface area contributed by atoms with Crippen LogP contribution in [0.15, 0.2) is 48.5 Å². The van der Waals surface area contributed by atoms with E-state index in [-0.39, 0.29) is 23.3 Å². The summed E-state index contributed by atoms with van der Waals surface area (Å²) in [5.41, 5.74) is 5.24. The normalized spacial score (nSPS) is 14.7. The average molecular weight is 650 g/mol. The molecule has 2 fully saturated rings. The van der Waals surface area contributed by atoms with Crippen molar-refractivity contribution in [3.63, 3.8) is 0 Å². The Hall–Kier alpha value is -4.08. The van der Waals surface area contributed by atoms with Gasteiger partial charge in [0.05, 0.1) is 30.0 Å². The van der Waals surface area contributed by atoms with Crippen molar-refractivity contribution in [3.05, 3.63) is 75.8 Å². The number of rotatable bonds is 10. The van der Waals surface area contributed by atoms with Crippen molar-refractivity contribution >= 4 is 35.6 Å². The fourth-order valence-corrected chi connectivity index (χ4v) is 6.37. The lowest BCUT2D eigenvalue weighted by Crippen LogP contribution is -2.35. The van der Waals surface area contributed by atoms with E-state index in [4.69, 9.17) is 31.0 Å². The molecule has 2 N–H and O–H groups in total. The van der Waals surface area contributed by atoms with E-state index < -0.39 is 0 Å². The van der Waals surface area contributed by atoms with Gasteiger partial charge in [-0.05, 0) is 106 Å². The van der Waals surface area contributed by atoms with Gasteiger partial charge in [0.1, 0.15) is 11.5 Å². The molecule has 2 amide bonds. The summed E-state index contributed by atoms with van der Waals surface area (Å²) in [6, 6.07) is 15.0. The average Bonchev–Trinajstić information content (AvgIpc) is 3.59. The van der Waals surface area contributed by atoms with Crippen LogP contribution >= 0.6 is 11.6 Å². The fourth-order valence-electron chi connectivity index (χ4n) is 6.15. The minimum atomic E-state index is -0.287. The van der Waals surface area contributed by atoms with Crippen molar-refractivity contribution in [2.75, 3.05) is 51.8 Å². The minimum absolute atomic E-state index is 0.104. The van der Waals surface area contributed by atoms with Gasteiger partial charge in [-0.1, -0.05) is 35.9 Å². The summed E-state index contributed by atoms with van der Waals surface area (Å²) < 4.78 is 11.8. The van der Waals surface area contributed by atoms with Gasteiger partial charge in [0, 0.05) is 31.3 Å². The maximum Gasteiger partial charge on any atom is 0.290 e. The number of ether oxygens (including phenoxy) is 2. The number of halogens is 1. The number of amides is 2. The van der Waals surface area contributed by atoms with E-state index >= 15 is 0 Å². The van der Waals surface area contributed by atoms with Crippen molar-refractivity contribution in [2.24, 2.45) is 0 Å². The van der Waals surface area contributed by atoms with E-state index in [2.05, 4.69) is 23.2 Å². The molecule has 0 aromatic heterocycles. The van der Waals surface area contributed by atoms with Crippen molar-refractivity contribution in [1.29, 1.82) is 0 Å². The monoisotopic (exact) mass is 649 g/mol. The molecular formula is C36H44ClN3O6. The summed E-state index contributed by atoms with van der Waals surface area (Å²) in [5, 5.41) is 10.1. The van der Waals surface area contributed by atoms with Gasteiger partial charge in [-0.25, -0.2) is 0 Å². The Labute approximate surface area is 276 Å². The third kappa shape index (κ3) is 8.59. The molecule has 0 unspecified atom stereocenters. The molecule has 10 heteroatoms. The highest BCUT2D eigenvalue weighted by Gasteiger charge is 2.24. The lowest BCUT2D eigenvalue weighted by Gasteiger charge is -2.27. The van der Waals surface area contributed by atoms with Crippen LogP contribution < -0.4 is 14.8 Å². The molecule has 0 spiro atoms. The third-order valence-corrected chi connectivity index (χ3v) is 8.95. The van der Waals surface area contributed by atoms with Gasteiger partial charge in [-0.2, -0.15) is 0 Å². The van der Waals surface area contributed by atoms with Gasteiger partial charge >= 0.3 is 0 Å². The zero-order valence-corrected chi connectivity index (χ0v) is 27.7. The molecule has 0 atom stereocenters. The number of piperidine rings is 1. The van der Waals surface area contributed by atoms with Crippen LogP contribution in [0.5, 0.6) is 11.5 Å². The molecule has 246 valence electrons. The number of carbonyl (C=O) groups excluding carboxylic acids is 2. The van der Waals surface area contributed by atoms with E-state index in [0.717, 1.165) is 73.3 Å². The van der Waals surface area contributed by atoms with Gasteiger partial charge in [0.15, 0.2) is 0 Å². The summed E-state index contributed by atoms with van der Waals surface area (Å²) in [6.45, 7) is 9.35. The first kappa shape index (κ1) is 34.8. The molecule has 2 heterocycles. The summed E-state index contributed by atoms with van der Waals surface area (Å²) in [4.78, 5) is 39.4. The standard InChI is InChI=1S/C35H42ClN3O4.CH2O2/c1-24-26(27-13-10-15-32(25(27)2)43-21-11-18-38-16-7-8-17-38)12-9-14-28(24)34(40)37-31-23-33(42-3)29(22-30(31)36)35(41)39-19-5-4-6-20-39;2-1-3/h9-10,12-15,22-23H,4-8,11,16-21H2,1-3H3,(H,37,40);1H,(H,2,3). The van der Waals surface area contributed by atoms with Gasteiger partial charge < -0.3 is 29.7 Å². The molecule has 0 bridgehead atoms. The van der Waals surface area contributed by atoms with Crippen LogP contribution in [0.3, 0.4) is 0 Å². The first-order valence-electron chi connectivity index (χ1n) is 15.9. The molecular weight excluding hydrogens is 606 g/mol. The molecule has 2 aliphatic rings. The van der Waals surface area contributed by atoms with E-state index in [9.17, 15) is 9.59 Å². The smallest absolute Gasteiger partial charge is 0.290 e. The maximum atomic E-state index is 13.6. The molecule has 0 aliphatic carbocycles. The van der Waals surface area contributed by atoms with Crippen LogP contribution in [0, 0.1) is 13.8 Å². The van der Waals surface area contributed by atoms with Crippen molar-refractivity contribution in [1.82, 2.24) is 9.80 Å². The summed E-state index contributed by atoms with van der Waals surface area (Å²) in [5.74, 6) is 0.860. The van der Waals surface area contributed by atoms with Crippen molar-refractivity contribution in [2.45, 2.75) is 52.4 Å². The first-order chi connectivity index (χ1) is 22.3. The van der Waals surface area contributed by atoms with Crippen LogP contribution in [-0.4, -0.2) is 79.6 Å². The second kappa shape index (κ2) is 17.0. The number of carbonyl (C=O) groups is 3. The Balaban J connectivity index is 0.00000154. The fraction of sp³-hybridized carbons (Fsp3) is 0.417. The molecule has 5 rings (SSSR count). The van der Waals surface area contributed by atoms with E-state index in [0.29, 0.717) is 29.2 Å². The van der Waals surface area contributed by atoms with Crippen molar-refractivity contribution < 1.29 is 29.0 Å². The third-order valence-electron chi connectivity index (χ3n) is 8.64. The highest BCUT2D eigenvalue weighted by molar-refractivity contribution is 6.34. The molecule has 0 saturated carbocycles. The largest absolute Gasteiger partial charge is 0.496 e. The van der Waals surface area contributed by atoms with E-state index in [1.54, 1.807) is 12.1 Å². The number of anilines is 1. The highest BCUT2D eigenvalue weighted by Crippen LogP contribution is 2.35. The van der Waals surface area contributed by atoms with E-state index in [1.807, 2.05) is 42.2 Å². The topological polar surface area (TPSA) is 108 Å². The number of methoxy groups -OCH3 is 1. The second-order valence-corrected chi connectivity index (χ2v) is 12.0. The zero-order chi connectivity index (χ0) is 33.1.